The van der Waals surface area contributed by atoms with Gasteiger partial charge in [-0.1, -0.05) is 20.8 Å². The SMILES string of the molecule is CCc1nnc(C2(C)CCC(C)(OCC(C)C3CCC(C)(NC(C)=O)CC3)CC2)s1. The first-order valence-corrected chi connectivity index (χ1v) is 12.6. The van der Waals surface area contributed by atoms with E-state index >= 15 is 0 Å². The van der Waals surface area contributed by atoms with Crippen LogP contribution < -0.4 is 5.32 Å². The molecule has 1 heterocycles. The summed E-state index contributed by atoms with van der Waals surface area (Å²) >= 11 is 1.79. The third-order valence-electron chi connectivity index (χ3n) is 7.81. The van der Waals surface area contributed by atoms with Crippen molar-refractivity contribution in [3.05, 3.63) is 10.0 Å². The number of rotatable bonds is 7. The predicted octanol–water partition coefficient (Wildman–Crippen LogP) is 5.43. The number of nitrogens with zero attached hydrogens (tertiary/aromatic N) is 2. The van der Waals surface area contributed by atoms with Crippen molar-refractivity contribution in [2.24, 2.45) is 11.8 Å². The first kappa shape index (κ1) is 23.6. The van der Waals surface area contributed by atoms with E-state index in [-0.39, 0.29) is 22.5 Å². The van der Waals surface area contributed by atoms with Crippen molar-refractivity contribution < 1.29 is 9.53 Å². The second-order valence-electron chi connectivity index (χ2n) is 10.7. The van der Waals surface area contributed by atoms with E-state index in [4.69, 9.17) is 4.74 Å². The van der Waals surface area contributed by atoms with Crippen LogP contribution in [0, 0.1) is 11.8 Å². The van der Waals surface area contributed by atoms with Crippen LogP contribution in [0.25, 0.3) is 0 Å². The number of carbonyl (C=O) groups is 1. The van der Waals surface area contributed by atoms with Gasteiger partial charge in [0, 0.05) is 17.9 Å². The Bertz CT molecular complexity index is 716. The summed E-state index contributed by atoms with van der Waals surface area (Å²) in [5.74, 6) is 1.34. The van der Waals surface area contributed by atoms with E-state index < -0.39 is 0 Å². The Morgan fingerprint density at radius 1 is 1.13 bits per heavy atom. The Kier molecular flexibility index (Phi) is 7.28. The molecule has 30 heavy (non-hydrogen) atoms. The molecule has 0 radical (unpaired) electrons. The van der Waals surface area contributed by atoms with Crippen LogP contribution in [0.4, 0.5) is 0 Å². The van der Waals surface area contributed by atoms with Gasteiger partial charge in [-0.25, -0.2) is 0 Å². The van der Waals surface area contributed by atoms with E-state index in [9.17, 15) is 4.79 Å². The van der Waals surface area contributed by atoms with Crippen molar-refractivity contribution >= 4 is 17.2 Å². The molecule has 3 rings (SSSR count). The summed E-state index contributed by atoms with van der Waals surface area (Å²) in [7, 11) is 0. The quantitative estimate of drug-likeness (QED) is 0.620. The summed E-state index contributed by atoms with van der Waals surface area (Å²) in [5.41, 5.74) is 0.105. The van der Waals surface area contributed by atoms with E-state index in [1.54, 1.807) is 18.3 Å². The topological polar surface area (TPSA) is 64.1 Å². The Morgan fingerprint density at radius 2 is 1.77 bits per heavy atom. The molecular formula is C24H41N3O2S. The van der Waals surface area contributed by atoms with E-state index in [0.717, 1.165) is 56.6 Å². The fourth-order valence-corrected chi connectivity index (χ4v) is 6.18. The first-order chi connectivity index (χ1) is 14.1. The zero-order valence-electron chi connectivity index (χ0n) is 19.8. The van der Waals surface area contributed by atoms with Crippen molar-refractivity contribution in [2.45, 2.75) is 116 Å². The van der Waals surface area contributed by atoms with Gasteiger partial charge in [0.05, 0.1) is 12.2 Å². The largest absolute Gasteiger partial charge is 0.375 e. The normalized spacial score (nSPS) is 35.7. The van der Waals surface area contributed by atoms with Gasteiger partial charge in [-0.05, 0) is 83.5 Å². The van der Waals surface area contributed by atoms with E-state index in [1.807, 2.05) is 0 Å². The highest BCUT2D eigenvalue weighted by molar-refractivity contribution is 7.11. The van der Waals surface area contributed by atoms with Gasteiger partial charge >= 0.3 is 0 Å². The number of aromatic nitrogens is 2. The lowest BCUT2D eigenvalue weighted by Gasteiger charge is -2.43. The maximum absolute atomic E-state index is 11.5. The molecule has 0 saturated heterocycles. The lowest BCUT2D eigenvalue weighted by Crippen LogP contribution is -2.48. The number of amides is 1. The average Bonchev–Trinajstić information content (AvgIpc) is 3.19. The second-order valence-corrected chi connectivity index (χ2v) is 11.8. The van der Waals surface area contributed by atoms with E-state index in [0.29, 0.717) is 11.8 Å². The zero-order valence-corrected chi connectivity index (χ0v) is 20.7. The average molecular weight is 436 g/mol. The van der Waals surface area contributed by atoms with Gasteiger partial charge in [-0.2, -0.15) is 0 Å². The Hall–Kier alpha value is -1.01. The number of aryl methyl sites for hydroxylation is 1. The molecule has 2 aliphatic rings. The van der Waals surface area contributed by atoms with Crippen molar-refractivity contribution in [3.63, 3.8) is 0 Å². The lowest BCUT2D eigenvalue weighted by atomic mass is 9.70. The highest BCUT2D eigenvalue weighted by Crippen LogP contribution is 2.45. The highest BCUT2D eigenvalue weighted by atomic mass is 32.1. The van der Waals surface area contributed by atoms with Crippen LogP contribution in [0.1, 0.15) is 103 Å². The summed E-state index contributed by atoms with van der Waals surface area (Å²) in [6.07, 6.45) is 9.86. The molecule has 0 aromatic carbocycles. The summed E-state index contributed by atoms with van der Waals surface area (Å²) in [5, 5.41) is 14.3. The zero-order chi connectivity index (χ0) is 22.0. The van der Waals surface area contributed by atoms with Gasteiger partial charge in [0.2, 0.25) is 5.91 Å². The summed E-state index contributed by atoms with van der Waals surface area (Å²) in [6.45, 7) is 13.8. The number of hydrogen-bond donors (Lipinski definition) is 1. The van der Waals surface area contributed by atoms with E-state index in [1.165, 1.54) is 17.8 Å². The van der Waals surface area contributed by atoms with Crippen LogP contribution in [-0.2, 0) is 21.4 Å². The van der Waals surface area contributed by atoms with Crippen LogP contribution in [0.3, 0.4) is 0 Å². The molecule has 170 valence electrons. The molecule has 1 aromatic rings. The fraction of sp³-hybridized carbons (Fsp3) is 0.875. The second kappa shape index (κ2) is 9.23. The van der Waals surface area contributed by atoms with Crippen LogP contribution in [0.2, 0.25) is 0 Å². The number of ether oxygens (including phenoxy) is 1. The standard InChI is InChI=1S/C24H41N3O2S/c1-7-20-26-27-21(30-20)22(4)12-14-24(6,15-13-22)29-16-17(2)19-8-10-23(5,11-9-19)25-18(3)28/h17,19H,7-16H2,1-6H3,(H,25,28). The Morgan fingerprint density at radius 3 is 2.30 bits per heavy atom. The molecule has 1 aromatic heterocycles. The minimum absolute atomic E-state index is 0.0224. The minimum atomic E-state index is -0.0228. The summed E-state index contributed by atoms with van der Waals surface area (Å²) in [4.78, 5) is 11.5. The van der Waals surface area contributed by atoms with Crippen LogP contribution >= 0.6 is 11.3 Å². The molecule has 5 nitrogen and oxygen atoms in total. The molecule has 0 spiro atoms. The first-order valence-electron chi connectivity index (χ1n) is 11.8. The van der Waals surface area contributed by atoms with Crippen molar-refractivity contribution in [1.82, 2.24) is 15.5 Å². The van der Waals surface area contributed by atoms with Gasteiger partial charge in [0.25, 0.3) is 0 Å². The van der Waals surface area contributed by atoms with Gasteiger partial charge in [0.15, 0.2) is 0 Å². The predicted molar refractivity (Wildman–Crippen MR) is 123 cm³/mol. The van der Waals surface area contributed by atoms with Crippen molar-refractivity contribution in [3.8, 4) is 0 Å². The lowest BCUT2D eigenvalue weighted by molar-refractivity contribution is -0.121. The van der Waals surface area contributed by atoms with Crippen LogP contribution in [0.5, 0.6) is 0 Å². The van der Waals surface area contributed by atoms with Gasteiger partial charge in [-0.3, -0.25) is 4.79 Å². The minimum Gasteiger partial charge on any atom is -0.375 e. The molecule has 2 aliphatic carbocycles. The third-order valence-corrected chi connectivity index (χ3v) is 9.18. The maximum atomic E-state index is 11.5. The van der Waals surface area contributed by atoms with Gasteiger partial charge in [-0.15, -0.1) is 21.5 Å². The summed E-state index contributed by atoms with van der Waals surface area (Å²) in [6, 6.07) is 0. The molecule has 2 fully saturated rings. The number of nitrogens with one attached hydrogen (secondary N) is 1. The number of hydrogen-bond acceptors (Lipinski definition) is 5. The smallest absolute Gasteiger partial charge is 0.217 e. The molecule has 1 N–H and O–H groups in total. The molecule has 1 amide bonds. The Labute approximate surface area is 186 Å². The molecule has 6 heteroatoms. The molecule has 1 atom stereocenters. The fourth-order valence-electron chi connectivity index (χ4n) is 5.19. The van der Waals surface area contributed by atoms with Crippen LogP contribution in [0.15, 0.2) is 0 Å². The molecule has 0 bridgehead atoms. The van der Waals surface area contributed by atoms with Crippen LogP contribution in [-0.4, -0.2) is 33.9 Å². The Balaban J connectivity index is 1.46. The van der Waals surface area contributed by atoms with Gasteiger partial charge < -0.3 is 10.1 Å². The highest BCUT2D eigenvalue weighted by Gasteiger charge is 2.42. The molecular weight excluding hydrogens is 394 g/mol. The molecule has 1 unspecified atom stereocenters. The maximum Gasteiger partial charge on any atom is 0.217 e. The number of carbonyl (C=O) groups excluding carboxylic acids is 1. The monoisotopic (exact) mass is 435 g/mol. The van der Waals surface area contributed by atoms with Crippen molar-refractivity contribution in [2.75, 3.05) is 6.61 Å². The summed E-state index contributed by atoms with van der Waals surface area (Å²) < 4.78 is 6.56. The molecule has 0 aliphatic heterocycles. The van der Waals surface area contributed by atoms with Crippen molar-refractivity contribution in [1.29, 1.82) is 0 Å². The van der Waals surface area contributed by atoms with Gasteiger partial charge in [0.1, 0.15) is 10.0 Å². The van der Waals surface area contributed by atoms with E-state index in [2.05, 4.69) is 50.1 Å². The molecule has 2 saturated carbocycles. The third kappa shape index (κ3) is 5.61.